The zero-order valence-electron chi connectivity index (χ0n) is 9.89. The van der Waals surface area contributed by atoms with Crippen molar-refractivity contribution in [3.63, 3.8) is 0 Å². The van der Waals surface area contributed by atoms with E-state index in [1.165, 1.54) is 14.0 Å². The van der Waals surface area contributed by atoms with Crippen molar-refractivity contribution >= 4 is 15.9 Å². The monoisotopic (exact) mass is 263 g/mol. The van der Waals surface area contributed by atoms with Crippen LogP contribution in [0.25, 0.3) is 0 Å². The van der Waals surface area contributed by atoms with E-state index in [0.29, 0.717) is 13.2 Å². The summed E-state index contributed by atoms with van der Waals surface area (Å²) in [6.45, 7) is 2.05. The molecule has 0 aliphatic rings. The topological polar surface area (TPSA) is 108 Å². The number of rotatable bonds is 8. The van der Waals surface area contributed by atoms with E-state index in [1.54, 1.807) is 6.07 Å². The van der Waals surface area contributed by atoms with Crippen LogP contribution in [0.2, 0.25) is 0 Å². The number of nitrogens with one attached hydrogen (secondary N) is 2. The van der Waals surface area contributed by atoms with Gasteiger partial charge in [0.05, 0.1) is 12.7 Å². The van der Waals surface area contributed by atoms with Crippen LogP contribution in [-0.4, -0.2) is 46.4 Å². The molecule has 1 atom stereocenters. The second-order valence-electron chi connectivity index (χ2n) is 3.30. The van der Waals surface area contributed by atoms with Gasteiger partial charge in [-0.05, 0) is 6.92 Å². The number of hydrogen-bond donors (Lipinski definition) is 2. The highest BCUT2D eigenvalue weighted by Gasteiger charge is 2.19. The molecule has 0 aliphatic heterocycles. The number of carbonyl (C=O) groups is 1. The van der Waals surface area contributed by atoms with Crippen LogP contribution in [0.5, 0.6) is 0 Å². The standard InChI is InChI=1S/C9H17N3O4S/c1-8(7-10)17(14,15)12-4-3-9(13)11-5-6-16-2/h8,12H,3-6H2,1-2H3,(H,11,13). The van der Waals surface area contributed by atoms with E-state index in [4.69, 9.17) is 10.00 Å². The van der Waals surface area contributed by atoms with Crippen LogP contribution in [0.3, 0.4) is 0 Å². The quantitative estimate of drug-likeness (QED) is 0.544. The van der Waals surface area contributed by atoms with Crippen LogP contribution in [0.15, 0.2) is 0 Å². The Morgan fingerprint density at radius 2 is 2.12 bits per heavy atom. The first kappa shape index (κ1) is 15.8. The van der Waals surface area contributed by atoms with Gasteiger partial charge in [0.15, 0.2) is 5.25 Å². The molecule has 0 aromatic rings. The maximum atomic E-state index is 11.3. The van der Waals surface area contributed by atoms with Gasteiger partial charge in [-0.3, -0.25) is 4.79 Å². The van der Waals surface area contributed by atoms with Crippen molar-refractivity contribution in [2.45, 2.75) is 18.6 Å². The highest BCUT2D eigenvalue weighted by molar-refractivity contribution is 7.90. The molecule has 0 rings (SSSR count). The van der Waals surface area contributed by atoms with E-state index in [2.05, 4.69) is 10.0 Å². The van der Waals surface area contributed by atoms with Gasteiger partial charge in [0.25, 0.3) is 0 Å². The Morgan fingerprint density at radius 3 is 2.65 bits per heavy atom. The smallest absolute Gasteiger partial charge is 0.227 e. The summed E-state index contributed by atoms with van der Waals surface area (Å²) >= 11 is 0. The van der Waals surface area contributed by atoms with Crippen molar-refractivity contribution < 1.29 is 17.9 Å². The molecule has 0 spiro atoms. The number of amides is 1. The molecular formula is C9H17N3O4S. The predicted octanol–water partition coefficient (Wildman–Crippen LogP) is -1.03. The highest BCUT2D eigenvalue weighted by Crippen LogP contribution is 1.95. The van der Waals surface area contributed by atoms with E-state index >= 15 is 0 Å². The van der Waals surface area contributed by atoms with E-state index in [1.807, 2.05) is 0 Å². The molecule has 0 heterocycles. The SMILES string of the molecule is COCCNC(=O)CCNS(=O)(=O)C(C)C#N. The number of nitriles is 1. The molecule has 2 N–H and O–H groups in total. The third-order valence-electron chi connectivity index (χ3n) is 1.93. The Bertz CT molecular complexity index is 374. The molecule has 7 nitrogen and oxygen atoms in total. The Labute approximate surface area is 101 Å². The average Bonchev–Trinajstić information content (AvgIpc) is 2.28. The van der Waals surface area contributed by atoms with Gasteiger partial charge in [0, 0.05) is 26.6 Å². The molecule has 0 aromatic heterocycles. The Kier molecular flexibility index (Phi) is 7.45. The molecule has 0 aromatic carbocycles. The van der Waals surface area contributed by atoms with Crippen molar-refractivity contribution in [3.05, 3.63) is 0 Å². The summed E-state index contributed by atoms with van der Waals surface area (Å²) in [5.74, 6) is -0.269. The summed E-state index contributed by atoms with van der Waals surface area (Å²) in [5, 5.41) is 9.88. The molecule has 1 unspecified atom stereocenters. The molecule has 0 aliphatic carbocycles. The van der Waals surface area contributed by atoms with Crippen LogP contribution < -0.4 is 10.0 Å². The van der Waals surface area contributed by atoms with Gasteiger partial charge in [0.1, 0.15) is 0 Å². The van der Waals surface area contributed by atoms with Gasteiger partial charge in [-0.15, -0.1) is 0 Å². The average molecular weight is 263 g/mol. The molecule has 0 fully saturated rings. The summed E-state index contributed by atoms with van der Waals surface area (Å²) in [5.41, 5.74) is 0. The number of carbonyl (C=O) groups excluding carboxylic acids is 1. The first-order chi connectivity index (χ1) is 7.94. The zero-order chi connectivity index (χ0) is 13.3. The fourth-order valence-corrected chi connectivity index (χ4v) is 1.66. The maximum Gasteiger partial charge on any atom is 0.227 e. The first-order valence-corrected chi connectivity index (χ1v) is 6.62. The van der Waals surface area contributed by atoms with Crippen LogP contribution >= 0.6 is 0 Å². The fourth-order valence-electron chi connectivity index (χ4n) is 0.882. The van der Waals surface area contributed by atoms with E-state index < -0.39 is 15.3 Å². The molecule has 0 bridgehead atoms. The minimum atomic E-state index is -3.65. The van der Waals surface area contributed by atoms with Crippen LogP contribution in [-0.2, 0) is 19.6 Å². The second kappa shape index (κ2) is 8.00. The lowest BCUT2D eigenvalue weighted by molar-refractivity contribution is -0.121. The van der Waals surface area contributed by atoms with Crippen LogP contribution in [0.4, 0.5) is 0 Å². The highest BCUT2D eigenvalue weighted by atomic mass is 32.2. The minimum absolute atomic E-state index is 0.0207. The number of nitrogens with zero attached hydrogens (tertiary/aromatic N) is 1. The molecule has 0 radical (unpaired) electrons. The number of sulfonamides is 1. The third-order valence-corrected chi connectivity index (χ3v) is 3.57. The Balaban J connectivity index is 3.85. The lowest BCUT2D eigenvalue weighted by atomic mass is 10.4. The number of hydrogen-bond acceptors (Lipinski definition) is 5. The minimum Gasteiger partial charge on any atom is -0.383 e. The zero-order valence-corrected chi connectivity index (χ0v) is 10.7. The number of ether oxygens (including phenoxy) is 1. The molecule has 8 heteroatoms. The van der Waals surface area contributed by atoms with Crippen molar-refractivity contribution in [3.8, 4) is 6.07 Å². The van der Waals surface area contributed by atoms with Gasteiger partial charge < -0.3 is 10.1 Å². The van der Waals surface area contributed by atoms with Crippen LogP contribution in [0.1, 0.15) is 13.3 Å². The van der Waals surface area contributed by atoms with Crippen molar-refractivity contribution in [2.24, 2.45) is 0 Å². The summed E-state index contributed by atoms with van der Waals surface area (Å²) < 4.78 is 29.6. The van der Waals surface area contributed by atoms with Crippen LogP contribution in [0, 0.1) is 11.3 Å². The van der Waals surface area contributed by atoms with Crippen molar-refractivity contribution in [2.75, 3.05) is 26.8 Å². The van der Waals surface area contributed by atoms with Gasteiger partial charge >= 0.3 is 0 Å². The van der Waals surface area contributed by atoms with Gasteiger partial charge in [0.2, 0.25) is 15.9 Å². The Morgan fingerprint density at radius 1 is 1.47 bits per heavy atom. The van der Waals surface area contributed by atoms with Gasteiger partial charge in [-0.25, -0.2) is 13.1 Å². The van der Waals surface area contributed by atoms with Crippen molar-refractivity contribution in [1.29, 1.82) is 5.26 Å². The summed E-state index contributed by atoms with van der Waals surface area (Å²) in [7, 11) is -2.13. The lowest BCUT2D eigenvalue weighted by Crippen LogP contribution is -2.35. The van der Waals surface area contributed by atoms with Crippen molar-refractivity contribution in [1.82, 2.24) is 10.0 Å². The fraction of sp³-hybridized carbons (Fsp3) is 0.778. The molecule has 98 valence electrons. The normalized spacial score (nSPS) is 12.8. The van der Waals surface area contributed by atoms with Gasteiger partial charge in [-0.2, -0.15) is 5.26 Å². The molecule has 1 amide bonds. The second-order valence-corrected chi connectivity index (χ2v) is 5.39. The summed E-state index contributed by atoms with van der Waals surface area (Å²) in [4.78, 5) is 11.2. The molecular weight excluding hydrogens is 246 g/mol. The largest absolute Gasteiger partial charge is 0.383 e. The first-order valence-electron chi connectivity index (χ1n) is 5.07. The van der Waals surface area contributed by atoms with E-state index in [9.17, 15) is 13.2 Å². The van der Waals surface area contributed by atoms with Gasteiger partial charge in [-0.1, -0.05) is 0 Å². The maximum absolute atomic E-state index is 11.3. The molecule has 17 heavy (non-hydrogen) atoms. The predicted molar refractivity (Wildman–Crippen MR) is 61.5 cm³/mol. The number of methoxy groups -OCH3 is 1. The lowest BCUT2D eigenvalue weighted by Gasteiger charge is -2.08. The van der Waals surface area contributed by atoms with E-state index in [0.717, 1.165) is 0 Å². The Hall–Kier alpha value is -1.17. The molecule has 0 saturated carbocycles. The summed E-state index contributed by atoms with van der Waals surface area (Å²) in [6.07, 6.45) is 0.0289. The van der Waals surface area contributed by atoms with E-state index in [-0.39, 0.29) is 18.9 Å². The molecule has 0 saturated heterocycles. The summed E-state index contributed by atoms with van der Waals surface area (Å²) in [6, 6.07) is 1.62. The third kappa shape index (κ3) is 6.88.